The van der Waals surface area contributed by atoms with E-state index < -0.39 is 0 Å². The number of nitrogens with zero attached hydrogens (tertiary/aromatic N) is 2. The maximum atomic E-state index is 13.0. The lowest BCUT2D eigenvalue weighted by Crippen LogP contribution is -2.27. The fourth-order valence-corrected chi connectivity index (χ4v) is 4.21. The molecule has 1 fully saturated rings. The SMILES string of the molecule is CC[C@H](C)Oc1ccc(/C=C2\SC(=S)N(c3ccc(N(C)C)cc3)C2=O)cc1OC. The summed E-state index contributed by atoms with van der Waals surface area (Å²) in [7, 11) is 5.56. The fraction of sp³-hybridized carbons (Fsp3) is 0.304. The van der Waals surface area contributed by atoms with E-state index in [2.05, 4.69) is 6.92 Å². The fourth-order valence-electron chi connectivity index (χ4n) is 2.91. The predicted molar refractivity (Wildman–Crippen MR) is 130 cm³/mol. The molecule has 0 N–H and O–H groups in total. The first kappa shape index (κ1) is 22.2. The average molecular weight is 443 g/mol. The molecule has 1 saturated heterocycles. The van der Waals surface area contributed by atoms with E-state index in [1.165, 1.54) is 11.8 Å². The molecule has 3 rings (SSSR count). The number of carbonyl (C=O) groups excluding carboxylic acids is 1. The normalized spacial score (nSPS) is 16.2. The smallest absolute Gasteiger partial charge is 0.270 e. The third kappa shape index (κ3) is 4.79. The second kappa shape index (κ2) is 9.53. The van der Waals surface area contributed by atoms with Crippen LogP contribution in [0.4, 0.5) is 11.4 Å². The van der Waals surface area contributed by atoms with Crippen molar-refractivity contribution in [2.75, 3.05) is 31.0 Å². The van der Waals surface area contributed by atoms with Crippen LogP contribution in [0.25, 0.3) is 6.08 Å². The van der Waals surface area contributed by atoms with Crippen LogP contribution in [0, 0.1) is 0 Å². The molecule has 0 spiro atoms. The molecule has 1 aliphatic heterocycles. The molecule has 2 aromatic carbocycles. The largest absolute Gasteiger partial charge is 0.493 e. The quantitative estimate of drug-likeness (QED) is 0.426. The van der Waals surface area contributed by atoms with E-state index in [4.69, 9.17) is 21.7 Å². The van der Waals surface area contributed by atoms with E-state index >= 15 is 0 Å². The standard InChI is InChI=1S/C23H26N2O3S2/c1-6-15(2)28-19-12-7-16(13-20(19)27-5)14-21-22(26)25(23(29)30-21)18-10-8-17(9-11-18)24(3)4/h7-15H,6H2,1-5H3/b21-14-/t15-/m0/s1. The minimum atomic E-state index is -0.124. The number of hydrogen-bond acceptors (Lipinski definition) is 6. The van der Waals surface area contributed by atoms with Crippen LogP contribution < -0.4 is 19.3 Å². The van der Waals surface area contributed by atoms with Crippen LogP contribution in [0.2, 0.25) is 0 Å². The summed E-state index contributed by atoms with van der Waals surface area (Å²) in [6, 6.07) is 13.4. The van der Waals surface area contributed by atoms with Gasteiger partial charge in [0.1, 0.15) is 0 Å². The number of anilines is 2. The van der Waals surface area contributed by atoms with Gasteiger partial charge < -0.3 is 14.4 Å². The summed E-state index contributed by atoms with van der Waals surface area (Å²) in [5.41, 5.74) is 2.68. The molecular formula is C23H26N2O3S2. The highest BCUT2D eigenvalue weighted by atomic mass is 32.2. The van der Waals surface area contributed by atoms with Gasteiger partial charge in [-0.3, -0.25) is 9.69 Å². The van der Waals surface area contributed by atoms with Crippen LogP contribution in [0.1, 0.15) is 25.8 Å². The van der Waals surface area contributed by atoms with Gasteiger partial charge in [-0.25, -0.2) is 0 Å². The Labute approximate surface area is 187 Å². The summed E-state index contributed by atoms with van der Waals surface area (Å²) in [6.45, 7) is 4.09. The molecule has 1 atom stereocenters. The van der Waals surface area contributed by atoms with Crippen molar-refractivity contribution in [2.45, 2.75) is 26.4 Å². The van der Waals surface area contributed by atoms with Gasteiger partial charge in [0.25, 0.3) is 5.91 Å². The minimum Gasteiger partial charge on any atom is -0.493 e. The Kier molecular flexibility index (Phi) is 7.05. The number of thiocarbonyl (C=S) groups is 1. The molecule has 2 aromatic rings. The maximum absolute atomic E-state index is 13.0. The van der Waals surface area contributed by atoms with Gasteiger partial charge in [-0.2, -0.15) is 0 Å². The third-order valence-electron chi connectivity index (χ3n) is 4.81. The van der Waals surface area contributed by atoms with Crippen LogP contribution in [-0.4, -0.2) is 37.5 Å². The molecule has 5 nitrogen and oxygen atoms in total. The van der Waals surface area contributed by atoms with Gasteiger partial charge >= 0.3 is 0 Å². The lowest BCUT2D eigenvalue weighted by atomic mass is 10.1. The lowest BCUT2D eigenvalue weighted by Gasteiger charge is -2.17. The summed E-state index contributed by atoms with van der Waals surface area (Å²) in [6.07, 6.45) is 2.84. The molecule has 1 aliphatic rings. The van der Waals surface area contributed by atoms with E-state index in [-0.39, 0.29) is 12.0 Å². The second-order valence-electron chi connectivity index (χ2n) is 7.17. The number of ether oxygens (including phenoxy) is 2. The number of amides is 1. The predicted octanol–water partition coefficient (Wildman–Crippen LogP) is 5.34. The Morgan fingerprint density at radius 2 is 1.87 bits per heavy atom. The van der Waals surface area contributed by atoms with Gasteiger partial charge in [0.2, 0.25) is 0 Å². The Hall–Kier alpha value is -2.51. The lowest BCUT2D eigenvalue weighted by molar-refractivity contribution is -0.113. The first-order chi connectivity index (χ1) is 14.3. The zero-order valence-electron chi connectivity index (χ0n) is 17.8. The highest BCUT2D eigenvalue weighted by Gasteiger charge is 2.33. The van der Waals surface area contributed by atoms with E-state index in [1.807, 2.05) is 74.5 Å². The van der Waals surface area contributed by atoms with Crippen LogP contribution in [0.15, 0.2) is 47.4 Å². The monoisotopic (exact) mass is 442 g/mol. The summed E-state index contributed by atoms with van der Waals surface area (Å²) >= 11 is 6.78. The molecule has 1 heterocycles. The van der Waals surface area contributed by atoms with E-state index in [9.17, 15) is 4.79 Å². The molecule has 0 radical (unpaired) electrons. The zero-order valence-corrected chi connectivity index (χ0v) is 19.5. The zero-order chi connectivity index (χ0) is 21.8. The Morgan fingerprint density at radius 1 is 1.17 bits per heavy atom. The summed E-state index contributed by atoms with van der Waals surface area (Å²) in [4.78, 5) is 17.2. The molecule has 1 amide bonds. The second-order valence-corrected chi connectivity index (χ2v) is 8.85. The third-order valence-corrected chi connectivity index (χ3v) is 6.11. The molecule has 7 heteroatoms. The van der Waals surface area contributed by atoms with Crippen molar-refractivity contribution in [3.63, 3.8) is 0 Å². The van der Waals surface area contributed by atoms with E-state index in [0.29, 0.717) is 20.7 Å². The summed E-state index contributed by atoms with van der Waals surface area (Å²) in [5, 5.41) is 0. The average Bonchev–Trinajstić information content (AvgIpc) is 3.01. The number of thioether (sulfide) groups is 1. The Morgan fingerprint density at radius 3 is 2.47 bits per heavy atom. The van der Waals surface area contributed by atoms with Crippen LogP contribution in [0.3, 0.4) is 0 Å². The van der Waals surface area contributed by atoms with Crippen molar-refractivity contribution < 1.29 is 14.3 Å². The molecule has 30 heavy (non-hydrogen) atoms. The van der Waals surface area contributed by atoms with Crippen molar-refractivity contribution in [2.24, 2.45) is 0 Å². The number of hydrogen-bond donors (Lipinski definition) is 0. The van der Waals surface area contributed by atoms with Crippen molar-refractivity contribution in [3.8, 4) is 11.5 Å². The highest BCUT2D eigenvalue weighted by Crippen LogP contribution is 2.37. The van der Waals surface area contributed by atoms with Crippen LogP contribution in [-0.2, 0) is 4.79 Å². The van der Waals surface area contributed by atoms with Crippen molar-refractivity contribution in [1.82, 2.24) is 0 Å². The molecular weight excluding hydrogens is 416 g/mol. The number of benzene rings is 2. The van der Waals surface area contributed by atoms with Crippen molar-refractivity contribution in [1.29, 1.82) is 0 Å². The topological polar surface area (TPSA) is 42.0 Å². The number of carbonyl (C=O) groups is 1. The number of rotatable bonds is 7. The molecule has 0 saturated carbocycles. The molecule has 0 aromatic heterocycles. The summed E-state index contributed by atoms with van der Waals surface area (Å²) in [5.74, 6) is 1.21. The van der Waals surface area contributed by atoms with Gasteiger partial charge in [-0.1, -0.05) is 37.0 Å². The highest BCUT2D eigenvalue weighted by molar-refractivity contribution is 8.27. The molecule has 0 bridgehead atoms. The Bertz CT molecular complexity index is 971. The van der Waals surface area contributed by atoms with Gasteiger partial charge in [0.15, 0.2) is 15.8 Å². The van der Waals surface area contributed by atoms with Crippen molar-refractivity contribution >= 4 is 51.7 Å². The van der Waals surface area contributed by atoms with Gasteiger partial charge in [-0.15, -0.1) is 0 Å². The first-order valence-corrected chi connectivity index (χ1v) is 11.0. The van der Waals surface area contributed by atoms with Crippen LogP contribution >= 0.6 is 24.0 Å². The van der Waals surface area contributed by atoms with Gasteiger partial charge in [0.05, 0.1) is 23.8 Å². The van der Waals surface area contributed by atoms with E-state index in [1.54, 1.807) is 12.0 Å². The van der Waals surface area contributed by atoms with Crippen LogP contribution in [0.5, 0.6) is 11.5 Å². The molecule has 158 valence electrons. The minimum absolute atomic E-state index is 0.0971. The Balaban J connectivity index is 1.84. The van der Waals surface area contributed by atoms with Gasteiger partial charge in [0, 0.05) is 19.8 Å². The molecule has 0 aliphatic carbocycles. The first-order valence-electron chi connectivity index (χ1n) is 9.74. The maximum Gasteiger partial charge on any atom is 0.270 e. The summed E-state index contributed by atoms with van der Waals surface area (Å²) < 4.78 is 11.9. The van der Waals surface area contributed by atoms with E-state index in [0.717, 1.165) is 23.4 Å². The van der Waals surface area contributed by atoms with Crippen molar-refractivity contribution in [3.05, 3.63) is 52.9 Å². The van der Waals surface area contributed by atoms with Gasteiger partial charge in [-0.05, 0) is 61.4 Å². The molecule has 0 unspecified atom stereocenters. The number of methoxy groups -OCH3 is 1.